The van der Waals surface area contributed by atoms with Gasteiger partial charge < -0.3 is 11.7 Å². The van der Waals surface area contributed by atoms with Crippen molar-refractivity contribution < 1.29 is 31.3 Å². The number of Topliss-reactive ketones (excluding diaryl/α,β-unsaturated/α-hetero) is 2. The number of carbonyl (C=O) groups excluding carboxylic acids is 2. The van der Waals surface area contributed by atoms with Crippen LogP contribution in [0.15, 0.2) is 0 Å². The fourth-order valence-electron chi connectivity index (χ4n) is 0.278. The molecular weight excluding hydrogens is 140 g/mol. The first-order valence-electron chi connectivity index (χ1n) is 1.97. The van der Waals surface area contributed by atoms with E-state index in [1.54, 1.807) is 0 Å². The molecule has 0 aromatic rings. The van der Waals surface area contributed by atoms with Gasteiger partial charge in [0.05, 0.1) is 0 Å². The molecule has 0 rings (SSSR count). The summed E-state index contributed by atoms with van der Waals surface area (Å²) in [5, 5.41) is 0. The number of hydrogen-bond donors (Lipinski definition) is 0. The van der Waals surface area contributed by atoms with Crippen LogP contribution >= 0.6 is 0 Å². The van der Waals surface area contributed by atoms with Gasteiger partial charge in [0.1, 0.15) is 5.78 Å². The summed E-state index contributed by atoms with van der Waals surface area (Å²) >= 11 is 0. The normalized spacial score (nSPS) is 7.12. The quantitative estimate of drug-likeness (QED) is 0.321. The van der Waals surface area contributed by atoms with Gasteiger partial charge in [0.2, 0.25) is 0 Å². The van der Waals surface area contributed by atoms with Gasteiger partial charge in [-0.2, -0.15) is 0 Å². The summed E-state index contributed by atoms with van der Waals surface area (Å²) in [5.41, 5.74) is 0. The third-order valence-electron chi connectivity index (χ3n) is 0.446. The van der Waals surface area contributed by atoms with E-state index >= 15 is 0 Å². The molecular formula is C5H7O2Ti-. The second kappa shape index (κ2) is 5.07. The topological polar surface area (TPSA) is 34.1 Å². The van der Waals surface area contributed by atoms with Crippen LogP contribution in [-0.4, -0.2) is 11.6 Å². The van der Waals surface area contributed by atoms with Crippen molar-refractivity contribution >= 4 is 11.6 Å². The van der Waals surface area contributed by atoms with Crippen molar-refractivity contribution in [2.75, 3.05) is 0 Å². The van der Waals surface area contributed by atoms with Crippen molar-refractivity contribution in [1.29, 1.82) is 0 Å². The molecule has 0 fully saturated rings. The summed E-state index contributed by atoms with van der Waals surface area (Å²) < 4.78 is 0. The van der Waals surface area contributed by atoms with Crippen molar-refractivity contribution in [3.8, 4) is 0 Å². The minimum atomic E-state index is -0.312. The second-order valence-corrected chi connectivity index (χ2v) is 1.42. The van der Waals surface area contributed by atoms with E-state index in [1.807, 2.05) is 0 Å². The van der Waals surface area contributed by atoms with E-state index in [0.29, 0.717) is 0 Å². The predicted octanol–water partition coefficient (Wildman–Crippen LogP) is 0.366. The largest absolute Gasteiger partial charge is 0.339 e. The van der Waals surface area contributed by atoms with Crippen LogP contribution in [0.1, 0.15) is 13.3 Å². The van der Waals surface area contributed by atoms with Crippen LogP contribution in [-0.2, 0) is 31.3 Å². The first-order chi connectivity index (χ1) is 3.13. The van der Waals surface area contributed by atoms with E-state index in [2.05, 4.69) is 6.92 Å². The van der Waals surface area contributed by atoms with Gasteiger partial charge in [-0.15, -0.1) is 0 Å². The molecule has 2 nitrogen and oxygen atoms in total. The molecule has 3 heteroatoms. The Labute approximate surface area is 63.5 Å². The molecule has 0 aromatic carbocycles. The molecule has 0 bridgehead atoms. The maximum Gasteiger partial charge on any atom is 0.134 e. The smallest absolute Gasteiger partial charge is 0.134 e. The van der Waals surface area contributed by atoms with Crippen LogP contribution in [0.4, 0.5) is 0 Å². The molecule has 0 aliphatic heterocycles. The molecule has 0 saturated carbocycles. The summed E-state index contributed by atoms with van der Waals surface area (Å²) in [5.74, 6) is -0.437. The Morgan fingerprint density at radius 2 is 1.88 bits per heavy atom. The van der Waals surface area contributed by atoms with Gasteiger partial charge in [-0.25, -0.2) is 0 Å². The zero-order valence-corrected chi connectivity index (χ0v) is 6.29. The number of hydrogen-bond acceptors (Lipinski definition) is 2. The van der Waals surface area contributed by atoms with Gasteiger partial charge in [0.25, 0.3) is 0 Å². The SMILES string of the molecule is [CH2-]C(=O)CC(C)=O.[Ti]. The summed E-state index contributed by atoms with van der Waals surface area (Å²) in [6, 6.07) is 0. The minimum absolute atomic E-state index is 0. The van der Waals surface area contributed by atoms with Gasteiger partial charge >= 0.3 is 0 Å². The first kappa shape index (κ1) is 10.8. The molecule has 0 spiro atoms. The molecule has 0 aliphatic carbocycles. The first-order valence-corrected chi connectivity index (χ1v) is 1.97. The van der Waals surface area contributed by atoms with Gasteiger partial charge in [-0.05, 0) is 6.92 Å². The summed E-state index contributed by atoms with van der Waals surface area (Å²) in [6.45, 7) is 4.38. The van der Waals surface area contributed by atoms with Gasteiger partial charge in [-0.1, -0.05) is 0 Å². The van der Waals surface area contributed by atoms with E-state index in [9.17, 15) is 9.59 Å². The molecule has 8 heavy (non-hydrogen) atoms. The maximum atomic E-state index is 9.99. The molecule has 0 N–H and O–H groups in total. The number of ketones is 2. The zero-order chi connectivity index (χ0) is 5.86. The van der Waals surface area contributed by atoms with Crippen LogP contribution in [0.25, 0.3) is 0 Å². The Morgan fingerprint density at radius 3 is 1.88 bits per heavy atom. The fourth-order valence-corrected chi connectivity index (χ4v) is 0.278. The number of rotatable bonds is 2. The van der Waals surface area contributed by atoms with Crippen LogP contribution < -0.4 is 0 Å². The average molecular weight is 147 g/mol. The Balaban J connectivity index is 0. The zero-order valence-electron chi connectivity index (χ0n) is 4.73. The van der Waals surface area contributed by atoms with Gasteiger partial charge in [0.15, 0.2) is 0 Å². The molecule has 0 aliphatic rings. The fraction of sp³-hybridized carbons (Fsp3) is 0.400. The van der Waals surface area contributed by atoms with E-state index in [4.69, 9.17) is 0 Å². The Morgan fingerprint density at radius 1 is 1.50 bits per heavy atom. The molecule has 0 radical (unpaired) electrons. The molecule has 0 saturated heterocycles. The molecule has 0 atom stereocenters. The van der Waals surface area contributed by atoms with E-state index < -0.39 is 0 Å². The monoisotopic (exact) mass is 147 g/mol. The van der Waals surface area contributed by atoms with Crippen LogP contribution in [0.3, 0.4) is 0 Å². The van der Waals surface area contributed by atoms with E-state index in [1.165, 1.54) is 6.92 Å². The molecule has 0 amide bonds. The predicted molar refractivity (Wildman–Crippen MR) is 25.7 cm³/mol. The Kier molecular flexibility index (Phi) is 6.86. The summed E-state index contributed by atoms with van der Waals surface area (Å²) in [6.07, 6.45) is -0.0278. The minimum Gasteiger partial charge on any atom is -0.339 e. The Hall–Kier alpha value is -0.0757. The van der Waals surface area contributed by atoms with Crippen LogP contribution in [0.2, 0.25) is 0 Å². The van der Waals surface area contributed by atoms with Crippen molar-refractivity contribution in [2.24, 2.45) is 0 Å². The third kappa shape index (κ3) is 9.33. The van der Waals surface area contributed by atoms with Gasteiger partial charge in [-0.3, -0.25) is 4.79 Å². The third-order valence-corrected chi connectivity index (χ3v) is 0.446. The molecule has 0 aromatic heterocycles. The van der Waals surface area contributed by atoms with Crippen LogP contribution in [0.5, 0.6) is 0 Å². The summed E-state index contributed by atoms with van der Waals surface area (Å²) in [7, 11) is 0. The molecule has 0 heterocycles. The average Bonchev–Trinajstić information content (AvgIpc) is 1.27. The van der Waals surface area contributed by atoms with E-state index in [-0.39, 0.29) is 39.7 Å². The number of carbonyl (C=O) groups is 2. The van der Waals surface area contributed by atoms with Crippen molar-refractivity contribution in [3.05, 3.63) is 6.92 Å². The van der Waals surface area contributed by atoms with Gasteiger partial charge in [0, 0.05) is 33.9 Å². The molecule has 0 unspecified atom stereocenters. The van der Waals surface area contributed by atoms with Crippen molar-refractivity contribution in [3.63, 3.8) is 0 Å². The molecule has 44 valence electrons. The summed E-state index contributed by atoms with van der Waals surface area (Å²) in [4.78, 5) is 19.9. The Bertz CT molecular complexity index is 86.6. The maximum absolute atomic E-state index is 9.99. The standard InChI is InChI=1S/C5H7O2.Ti/c1-4(6)3-5(2)7;/h1,3H2,2H3;/q-1;. The van der Waals surface area contributed by atoms with Crippen molar-refractivity contribution in [2.45, 2.75) is 13.3 Å². The van der Waals surface area contributed by atoms with Crippen LogP contribution in [0, 0.1) is 6.92 Å². The second-order valence-electron chi connectivity index (χ2n) is 1.42. The van der Waals surface area contributed by atoms with E-state index in [0.717, 1.165) is 0 Å². The van der Waals surface area contributed by atoms with Crippen molar-refractivity contribution in [1.82, 2.24) is 0 Å².